The van der Waals surface area contributed by atoms with Crippen LogP contribution in [0.1, 0.15) is 22.6 Å². The quantitative estimate of drug-likeness (QED) is 0.120. The lowest BCUT2D eigenvalue weighted by molar-refractivity contribution is 0.828. The van der Waals surface area contributed by atoms with E-state index in [-0.39, 0.29) is 5.92 Å². The van der Waals surface area contributed by atoms with Gasteiger partial charge in [-0.1, -0.05) is 213 Å². The Morgan fingerprint density at radius 3 is 1.63 bits per heavy atom. The van der Waals surface area contributed by atoms with Crippen molar-refractivity contribution in [3.8, 4) is 55.6 Å². The van der Waals surface area contributed by atoms with Crippen molar-refractivity contribution in [2.45, 2.75) is 25.4 Å². The highest BCUT2D eigenvalue weighted by molar-refractivity contribution is 7.04. The van der Waals surface area contributed by atoms with Crippen molar-refractivity contribution in [3.05, 3.63) is 235 Å². The Morgan fingerprint density at radius 2 is 0.908 bits per heavy atom. The molecule has 0 amide bonds. The predicted molar refractivity (Wildman–Crippen MR) is 282 cm³/mol. The molecule has 0 N–H and O–H groups in total. The second-order valence-electron chi connectivity index (χ2n) is 18.8. The third-order valence-corrected chi connectivity index (χ3v) is 18.3. The van der Waals surface area contributed by atoms with Crippen LogP contribution in [0.3, 0.4) is 0 Å². The van der Waals surface area contributed by atoms with Gasteiger partial charge in [-0.25, -0.2) is 0 Å². The van der Waals surface area contributed by atoms with Crippen LogP contribution >= 0.6 is 0 Å². The first-order chi connectivity index (χ1) is 32.0. The lowest BCUT2D eigenvalue weighted by Crippen LogP contribution is -2.49. The van der Waals surface area contributed by atoms with E-state index in [4.69, 9.17) is 0 Å². The molecule has 0 aromatic heterocycles. The van der Waals surface area contributed by atoms with E-state index in [0.717, 1.165) is 6.42 Å². The van der Waals surface area contributed by atoms with Gasteiger partial charge < -0.3 is 0 Å². The summed E-state index contributed by atoms with van der Waals surface area (Å²) in [4.78, 5) is 0. The Kier molecular flexibility index (Phi) is 8.60. The molecule has 1 heteroatoms. The molecule has 1 atom stereocenters. The van der Waals surface area contributed by atoms with Crippen molar-refractivity contribution in [3.63, 3.8) is 0 Å². The Bertz CT molecular complexity index is 3780. The van der Waals surface area contributed by atoms with Gasteiger partial charge in [0.25, 0.3) is 0 Å². The summed E-state index contributed by atoms with van der Waals surface area (Å²) < 4.78 is 0. The average molecular weight is 843 g/mol. The molecule has 1 aliphatic carbocycles. The topological polar surface area (TPSA) is 0 Å². The van der Waals surface area contributed by atoms with Crippen molar-refractivity contribution in [1.82, 2.24) is 0 Å². The predicted octanol–water partition coefficient (Wildman–Crippen LogP) is 16.1. The summed E-state index contributed by atoms with van der Waals surface area (Å²) in [6.07, 6.45) is 5.75. The van der Waals surface area contributed by atoms with Gasteiger partial charge in [0.05, 0.1) is 0 Å². The number of rotatable bonds is 5. The summed E-state index contributed by atoms with van der Waals surface area (Å²) in [5.41, 5.74) is 17.0. The lowest BCUT2D eigenvalue weighted by Gasteiger charge is -2.24. The fourth-order valence-electron chi connectivity index (χ4n) is 11.6. The zero-order chi connectivity index (χ0) is 43.2. The standard InChI is InChI=1S/C64H46Si/c1-65(2)61-30-10-9-27-55(61)57-39-59-60(40-62(57)65)64(50-24-12-22-48(37-50)54-29-14-20-43-17-6-8-26-52(43)54)58-38-46(45-32-31-41-15-3-4-18-44(41)35-45)33-34-56(58)63(59)49-23-11-21-47(36-49)53-28-13-19-42-16-5-7-25-51(42)53/h3-34,36-40,45H,35H2,1-2H3. The number of hydrogen-bond acceptors (Lipinski definition) is 0. The largest absolute Gasteiger partial charge is 0.113 e. The molecule has 306 valence electrons. The Hall–Kier alpha value is -7.58. The van der Waals surface area contributed by atoms with Crippen LogP contribution in [0, 0.1) is 0 Å². The minimum atomic E-state index is -2.04. The van der Waals surface area contributed by atoms with Crippen molar-refractivity contribution < 1.29 is 0 Å². The van der Waals surface area contributed by atoms with E-state index in [1.54, 1.807) is 0 Å². The fourth-order valence-corrected chi connectivity index (χ4v) is 14.6. The van der Waals surface area contributed by atoms with Crippen molar-refractivity contribution in [2.75, 3.05) is 0 Å². The number of hydrogen-bond donors (Lipinski definition) is 0. The van der Waals surface area contributed by atoms with Gasteiger partial charge in [0.1, 0.15) is 8.07 Å². The fraction of sp³-hybridized carbons (Fsp3) is 0.0625. The van der Waals surface area contributed by atoms with Crippen molar-refractivity contribution in [2.24, 2.45) is 0 Å². The molecule has 0 saturated heterocycles. The summed E-state index contributed by atoms with van der Waals surface area (Å²) in [7, 11) is -2.04. The highest BCUT2D eigenvalue weighted by atomic mass is 28.3. The normalized spacial score (nSPS) is 14.8. The molecule has 13 rings (SSSR count). The van der Waals surface area contributed by atoms with E-state index in [0.29, 0.717) is 0 Å². The molecule has 1 unspecified atom stereocenters. The van der Waals surface area contributed by atoms with Crippen LogP contribution < -0.4 is 10.4 Å². The number of benzene rings is 11. The van der Waals surface area contributed by atoms with Crippen molar-refractivity contribution >= 4 is 67.6 Å². The van der Waals surface area contributed by atoms with Gasteiger partial charge in [-0.05, 0) is 156 Å². The maximum atomic E-state index is 2.64. The van der Waals surface area contributed by atoms with Gasteiger partial charge in [-0.3, -0.25) is 0 Å². The zero-order valence-corrected chi connectivity index (χ0v) is 37.6. The monoisotopic (exact) mass is 842 g/mol. The minimum Gasteiger partial charge on any atom is -0.0761 e. The summed E-state index contributed by atoms with van der Waals surface area (Å²) >= 11 is 0. The first-order valence-corrected chi connectivity index (χ1v) is 26.1. The van der Waals surface area contributed by atoms with Crippen molar-refractivity contribution in [1.29, 1.82) is 0 Å². The van der Waals surface area contributed by atoms with Crippen LogP contribution in [0.15, 0.2) is 218 Å². The molecule has 0 nitrogen and oxygen atoms in total. The average Bonchev–Trinajstić information content (AvgIpc) is 3.58. The Morgan fingerprint density at radius 1 is 0.369 bits per heavy atom. The van der Waals surface area contributed by atoms with Crippen LogP contribution in [-0.4, -0.2) is 8.07 Å². The summed E-state index contributed by atoms with van der Waals surface area (Å²) in [5, 5.41) is 13.3. The first-order valence-electron chi connectivity index (χ1n) is 23.1. The smallest absolute Gasteiger partial charge is 0.0761 e. The maximum absolute atomic E-state index is 2.64. The van der Waals surface area contributed by atoms with E-state index in [2.05, 4.69) is 238 Å². The van der Waals surface area contributed by atoms with Crippen LogP contribution in [0.4, 0.5) is 0 Å². The molecular formula is C64H46Si. The summed E-state index contributed by atoms with van der Waals surface area (Å²) in [6.45, 7) is 5.09. The highest BCUT2D eigenvalue weighted by Crippen LogP contribution is 2.48. The zero-order valence-electron chi connectivity index (χ0n) is 36.6. The van der Waals surface area contributed by atoms with Crippen LogP contribution in [0.2, 0.25) is 13.1 Å². The molecule has 1 heterocycles. The molecule has 0 fully saturated rings. The molecule has 0 spiro atoms. The highest BCUT2D eigenvalue weighted by Gasteiger charge is 2.38. The number of fused-ring (bicyclic) bond motifs is 8. The van der Waals surface area contributed by atoms with E-state index in [1.165, 1.54) is 126 Å². The van der Waals surface area contributed by atoms with E-state index >= 15 is 0 Å². The lowest BCUT2D eigenvalue weighted by atomic mass is 9.80. The molecule has 65 heavy (non-hydrogen) atoms. The second-order valence-corrected chi connectivity index (χ2v) is 23.1. The SMILES string of the molecule is C[Si]1(C)c2ccccc2-c2cc3c(-c4cccc(-c5cccc6ccccc56)c4)c4ccc(C5C=Cc6ccccc6C5)cc4c(-c4cccc(-c5cccc6ccccc56)c4)c3cc21. The molecule has 0 saturated carbocycles. The second kappa shape index (κ2) is 14.7. The van der Waals surface area contributed by atoms with Gasteiger partial charge in [0.2, 0.25) is 0 Å². The third-order valence-electron chi connectivity index (χ3n) is 14.8. The molecule has 0 radical (unpaired) electrons. The molecular weight excluding hydrogens is 797 g/mol. The van der Waals surface area contributed by atoms with Gasteiger partial charge >= 0.3 is 0 Å². The summed E-state index contributed by atoms with van der Waals surface area (Å²) in [6, 6.07) is 80.5. The molecule has 1 aliphatic heterocycles. The first kappa shape index (κ1) is 37.9. The van der Waals surface area contributed by atoms with Crippen LogP contribution in [-0.2, 0) is 6.42 Å². The van der Waals surface area contributed by atoms with Gasteiger partial charge in [0, 0.05) is 5.92 Å². The van der Waals surface area contributed by atoms with E-state index in [9.17, 15) is 0 Å². The number of allylic oxidation sites excluding steroid dienone is 1. The molecule has 2 aliphatic rings. The third kappa shape index (κ3) is 6.03. The molecule has 0 bridgehead atoms. The molecule has 11 aromatic rings. The van der Waals surface area contributed by atoms with Crippen LogP contribution in [0.25, 0.3) is 105 Å². The maximum Gasteiger partial charge on any atom is 0.113 e. The molecule has 11 aromatic carbocycles. The van der Waals surface area contributed by atoms with Gasteiger partial charge in [0.15, 0.2) is 0 Å². The van der Waals surface area contributed by atoms with Gasteiger partial charge in [-0.15, -0.1) is 0 Å². The van der Waals surface area contributed by atoms with Gasteiger partial charge in [-0.2, -0.15) is 0 Å². The summed E-state index contributed by atoms with van der Waals surface area (Å²) in [5.74, 6) is 0.277. The minimum absolute atomic E-state index is 0.277. The van der Waals surface area contributed by atoms with E-state index < -0.39 is 8.07 Å². The Labute approximate surface area is 381 Å². The Balaban J connectivity index is 1.13. The van der Waals surface area contributed by atoms with Crippen LogP contribution in [0.5, 0.6) is 0 Å². The van der Waals surface area contributed by atoms with E-state index in [1.807, 2.05) is 0 Å².